The first-order chi connectivity index (χ1) is 68.8. The summed E-state index contributed by atoms with van der Waals surface area (Å²) in [6, 6.07) is -6.81. The summed E-state index contributed by atoms with van der Waals surface area (Å²) in [7, 11) is 0. The summed E-state index contributed by atoms with van der Waals surface area (Å²) >= 11 is 0. The Morgan fingerprint density at radius 2 is 0.757 bits per heavy atom. The topological polar surface area (TPSA) is 767 Å². The quantitative estimate of drug-likeness (QED) is 0.0199. The van der Waals surface area contributed by atoms with Crippen molar-refractivity contribution < 1.29 is 222 Å². The number of aliphatic carboxylic acids is 1. The van der Waals surface area contributed by atoms with Gasteiger partial charge >= 0.3 is 5.97 Å². The van der Waals surface area contributed by atoms with Gasteiger partial charge in [-0.05, 0) is 26.2 Å². The van der Waals surface area contributed by atoms with Crippen LogP contribution in [-0.2, 0) is 99.8 Å². The Hall–Kier alpha value is -4.47. The number of aliphatic hydroxyl groups is 23. The molecule has 838 valence electrons. The van der Waals surface area contributed by atoms with Gasteiger partial charge in [-0.2, -0.15) is 0 Å². The molecule has 8 heterocycles. The van der Waals surface area contributed by atoms with Crippen molar-refractivity contribution in [3.05, 3.63) is 12.2 Å². The Bertz CT molecular complexity index is 3660. The van der Waals surface area contributed by atoms with E-state index in [9.17, 15) is 147 Å². The molecule has 28 N–H and O–H groups in total. The lowest BCUT2D eigenvalue weighted by atomic mass is 9.88. The first-order valence-electron chi connectivity index (χ1n) is 51.5. The van der Waals surface area contributed by atoms with Gasteiger partial charge in [-0.15, -0.1) is 0 Å². The van der Waals surface area contributed by atoms with Crippen molar-refractivity contribution in [2.24, 2.45) is 0 Å². The number of amides is 4. The van der Waals surface area contributed by atoms with E-state index in [2.05, 4.69) is 35.1 Å². The Morgan fingerprint density at radius 3 is 1.22 bits per heavy atom. The molecule has 49 heteroatoms. The van der Waals surface area contributed by atoms with Crippen LogP contribution in [0.1, 0.15) is 241 Å². The molecule has 0 aliphatic carbocycles. The third-order valence-electron chi connectivity index (χ3n) is 27.8. The maximum Gasteiger partial charge on any atom is 0.364 e. The second-order valence-electron chi connectivity index (χ2n) is 39.2. The van der Waals surface area contributed by atoms with Crippen molar-refractivity contribution in [1.82, 2.24) is 21.3 Å². The van der Waals surface area contributed by atoms with Crippen LogP contribution in [0.5, 0.6) is 0 Å². The number of aliphatic hydroxyl groups excluding tert-OH is 23. The summed E-state index contributed by atoms with van der Waals surface area (Å²) in [5, 5.41) is 282. The molecule has 4 amide bonds. The van der Waals surface area contributed by atoms with Gasteiger partial charge in [0.2, 0.25) is 23.6 Å². The van der Waals surface area contributed by atoms with E-state index in [1.54, 1.807) is 6.08 Å². The van der Waals surface area contributed by atoms with Crippen molar-refractivity contribution >= 4 is 29.6 Å². The van der Waals surface area contributed by atoms with Gasteiger partial charge in [0.05, 0.1) is 83.3 Å². The first kappa shape index (κ1) is 125. The lowest BCUT2D eigenvalue weighted by molar-refractivity contribution is -0.397. The number of carbonyl (C=O) groups excluding carboxylic acids is 4. The van der Waals surface area contributed by atoms with Crippen LogP contribution in [0.15, 0.2) is 12.2 Å². The number of allylic oxidation sites excluding steroid dienone is 1. The lowest BCUT2D eigenvalue weighted by Crippen LogP contribution is -2.72. The second-order valence-corrected chi connectivity index (χ2v) is 39.2. The van der Waals surface area contributed by atoms with Crippen molar-refractivity contribution in [3.63, 3.8) is 0 Å². The Labute approximate surface area is 838 Å². The average Bonchev–Trinajstić information content (AvgIpc) is 0.760. The third kappa shape index (κ3) is 35.6. The van der Waals surface area contributed by atoms with Crippen LogP contribution in [0, 0.1) is 0 Å². The van der Waals surface area contributed by atoms with Crippen LogP contribution in [-0.4, -0.2) is 468 Å². The van der Waals surface area contributed by atoms with E-state index >= 15 is 0 Å². The van der Waals surface area contributed by atoms with Crippen LogP contribution in [0.4, 0.5) is 0 Å². The molecule has 8 aliphatic rings. The van der Waals surface area contributed by atoms with E-state index in [1.807, 2.05) is 6.08 Å². The maximum atomic E-state index is 13.7. The number of hydrogen-bond acceptors (Lipinski definition) is 44. The van der Waals surface area contributed by atoms with Gasteiger partial charge in [0.1, 0.15) is 183 Å². The van der Waals surface area contributed by atoms with Gasteiger partial charge in [-0.3, -0.25) is 19.2 Å². The van der Waals surface area contributed by atoms with E-state index in [0.29, 0.717) is 12.8 Å². The molecule has 8 saturated heterocycles. The summed E-state index contributed by atoms with van der Waals surface area (Å²) in [5.41, 5.74) is 0. The molecule has 0 spiro atoms. The molecule has 49 nitrogen and oxygen atoms in total. The summed E-state index contributed by atoms with van der Waals surface area (Å²) in [6.07, 6.45) is -43.6. The fourth-order valence-electron chi connectivity index (χ4n) is 19.4. The normalized spacial score (nSPS) is 38.4. The lowest BCUT2D eigenvalue weighted by Gasteiger charge is -2.52. The monoisotopic (exact) mass is 2090 g/mol. The molecule has 0 aromatic heterocycles. The molecule has 0 aromatic carbocycles. The molecule has 0 aromatic rings. The summed E-state index contributed by atoms with van der Waals surface area (Å²) in [6.45, 7) is -0.0684. The molecule has 8 aliphatic heterocycles. The number of carboxylic acid groups (broad SMARTS) is 1. The van der Waals surface area contributed by atoms with E-state index in [-0.39, 0.29) is 12.3 Å². The van der Waals surface area contributed by atoms with Gasteiger partial charge in [-0.1, -0.05) is 193 Å². The van der Waals surface area contributed by atoms with Crippen LogP contribution < -0.4 is 21.3 Å². The number of ether oxygens (including phenoxy) is 16. The molecule has 144 heavy (non-hydrogen) atoms. The Balaban J connectivity index is 0.970. The number of hydrogen-bond donors (Lipinski definition) is 28. The van der Waals surface area contributed by atoms with Crippen molar-refractivity contribution in [2.75, 3.05) is 52.9 Å². The van der Waals surface area contributed by atoms with Gasteiger partial charge in [0, 0.05) is 33.6 Å². The van der Waals surface area contributed by atoms with Gasteiger partial charge < -0.3 is 220 Å². The highest BCUT2D eigenvalue weighted by Crippen LogP contribution is 2.42. The fraction of sp³-hybridized carbons (Fsp3) is 0.926. The molecule has 0 radical (unpaired) electrons. The molecule has 43 atom stereocenters. The molecule has 8 fully saturated rings. The van der Waals surface area contributed by atoms with Crippen molar-refractivity contribution in [1.29, 1.82) is 0 Å². The van der Waals surface area contributed by atoms with Crippen molar-refractivity contribution in [2.45, 2.75) is 504 Å². The number of rotatable bonds is 63. The highest BCUT2D eigenvalue weighted by molar-refractivity contribution is 5.77. The minimum absolute atomic E-state index is 0.132. The smallest absolute Gasteiger partial charge is 0.364 e. The molecular formula is C95H168N4O45. The minimum Gasteiger partial charge on any atom is -0.477 e. The number of carboxylic acids is 1. The summed E-state index contributed by atoms with van der Waals surface area (Å²) < 4.78 is 96.4. The predicted molar refractivity (Wildman–Crippen MR) is 496 cm³/mol. The SMILES string of the molecule is CCCCCCCCCCCCC/C=C/[C@@H](O)[C@H](CO[C@@H]1OC(CO)[C@@H](O[C@@H]2OC(CO)[C@H](O)[C@H](O[C@@H]3OC(CO)[C@@H](O[C@@H]4OC(CO)[C@H](O)[C@H](O[C@@H]5OC(CO)[C@@H](O[C@@H]6OC(CO[C@]7(C(=O)O)CC(O)[C@@H](NC(C)=O)C([C@H](O)[C@H](O)CO)O7)[C@H](O)[C@H](O)C6O)[C@H](O)C5NC(C)=O)C4O)[C@H](O[C@H]4OC(C)[C@@H](O)C(O)[C@@H]4O)C3NC(C)=O)C2O)[C@H](O)C1O)NC(=O)CCCCCCCCCCCCCCCCCCC. The summed E-state index contributed by atoms with van der Waals surface area (Å²) in [4.78, 5) is 65.7. The van der Waals surface area contributed by atoms with E-state index < -0.39 is 346 Å². The highest BCUT2D eigenvalue weighted by Gasteiger charge is 2.62. The molecule has 16 unspecified atom stereocenters. The number of nitrogens with one attached hydrogen (secondary N) is 4. The van der Waals surface area contributed by atoms with Crippen LogP contribution in [0.2, 0.25) is 0 Å². The summed E-state index contributed by atoms with van der Waals surface area (Å²) in [5.74, 6) is -8.25. The number of carbonyl (C=O) groups is 5. The van der Waals surface area contributed by atoms with Crippen molar-refractivity contribution in [3.8, 4) is 0 Å². The Kier molecular flexibility index (Phi) is 54.8. The van der Waals surface area contributed by atoms with Crippen LogP contribution in [0.3, 0.4) is 0 Å². The molecule has 8 rings (SSSR count). The highest BCUT2D eigenvalue weighted by atomic mass is 16.8. The zero-order chi connectivity index (χ0) is 106. The van der Waals surface area contributed by atoms with Gasteiger partial charge in [0.15, 0.2) is 44.0 Å². The zero-order valence-electron chi connectivity index (χ0n) is 83.3. The Morgan fingerprint density at radius 1 is 0.382 bits per heavy atom. The molecule has 0 bridgehead atoms. The predicted octanol–water partition coefficient (Wildman–Crippen LogP) is -5.62. The largest absolute Gasteiger partial charge is 0.477 e. The van der Waals surface area contributed by atoms with Crippen LogP contribution >= 0.6 is 0 Å². The van der Waals surface area contributed by atoms with Crippen LogP contribution in [0.25, 0.3) is 0 Å². The van der Waals surface area contributed by atoms with E-state index in [0.717, 1.165) is 85.0 Å². The second kappa shape index (κ2) is 63.3. The van der Waals surface area contributed by atoms with Gasteiger partial charge in [0.25, 0.3) is 5.79 Å². The first-order valence-corrected chi connectivity index (χ1v) is 51.5. The third-order valence-corrected chi connectivity index (χ3v) is 27.8. The molecule has 0 saturated carbocycles. The molecular weight excluding hydrogens is 1920 g/mol. The standard InChI is InChI=1S/C95H168N4O45/c1-7-9-11-13-15-17-19-21-22-23-24-26-28-30-32-34-36-38-62(112)99-52(53(109)37-35-33-31-29-27-25-20-18-16-14-12-10-8-2)46-129-89-77(124)74(121)81(59(44-104)136-89)139-92-78(125)86(70(117)56(41-101)132-92)143-88-65(98-51(6)108)84(141-90-75(122)72(119)66(113)48(3)131-90)82(60(45-105)135-88)140-93-79(126)85(69(116)57(42-102)133-93)142-87-64(97-50(5)107)71(118)80(58(43-103)134-87)138-91-76(123)73(120)68(115)61(137-91)47-130-95(94(127)128)39-54(110)63(96-49(4)106)83(144-95)67(114)55(111)40-100/h35,37,48,52-61,63-93,100-105,109-111,113-126H,7-34,36,38-47H2,1-6H3,(H,96,106)(H,97,107)(H,98,108)(H,99,112)(H,127,128)/b37-35+/t48?,52-,53+,54?,55+,56?,57?,58?,59?,60?,61?,63+,64?,65?,66+,67+,68-,69-,70-,71+,72?,73-,74+,75-,76?,77?,78?,79?,80+,81+,82+,83?,84+,85-,86-,87-,88-,89+,90+,91-,92-,93-,95+/m0/s1. The van der Waals surface area contributed by atoms with E-state index in [4.69, 9.17) is 75.8 Å². The zero-order valence-corrected chi connectivity index (χ0v) is 83.3. The fourth-order valence-corrected chi connectivity index (χ4v) is 19.4. The maximum absolute atomic E-state index is 13.7. The average molecular weight is 2090 g/mol. The number of unbranched alkanes of at least 4 members (excludes halogenated alkanes) is 27. The van der Waals surface area contributed by atoms with Gasteiger partial charge in [-0.25, -0.2) is 4.79 Å². The van der Waals surface area contributed by atoms with E-state index in [1.165, 1.54) is 116 Å². The minimum atomic E-state index is -3.06.